The molecule has 0 fully saturated rings. The lowest BCUT2D eigenvalue weighted by Gasteiger charge is -1.96. The smallest absolute Gasteiger partial charge is 0.261 e. The van der Waals surface area contributed by atoms with E-state index in [0.29, 0.717) is 5.39 Å². The minimum Gasteiger partial charge on any atom is -0.493 e. The zero-order valence-electron chi connectivity index (χ0n) is 8.95. The van der Waals surface area contributed by atoms with Gasteiger partial charge in [0.2, 0.25) is 11.8 Å². The molecule has 0 unspecified atom stereocenters. The predicted molar refractivity (Wildman–Crippen MR) is 60.6 cm³/mol. The quantitative estimate of drug-likeness (QED) is 0.511. The van der Waals surface area contributed by atoms with Crippen LogP contribution in [0, 0.1) is 0 Å². The van der Waals surface area contributed by atoms with Gasteiger partial charge in [-0.1, -0.05) is 6.07 Å². The van der Waals surface area contributed by atoms with E-state index < -0.39 is 5.91 Å². The van der Waals surface area contributed by atoms with Crippen LogP contribution in [-0.2, 0) is 4.79 Å². The number of carbonyl (C=O) groups excluding carboxylic acids is 1. The molecule has 17 heavy (non-hydrogen) atoms. The fourth-order valence-corrected chi connectivity index (χ4v) is 1.52. The Morgan fingerprint density at radius 3 is 2.71 bits per heavy atom. The summed E-state index contributed by atoms with van der Waals surface area (Å²) in [5, 5.41) is 27.0. The van der Waals surface area contributed by atoms with E-state index in [-0.39, 0.29) is 22.8 Å². The number of benzene rings is 1. The molecule has 0 saturated carbocycles. The highest BCUT2D eigenvalue weighted by atomic mass is 16.3. The summed E-state index contributed by atoms with van der Waals surface area (Å²) in [4.78, 5) is 10.7. The van der Waals surface area contributed by atoms with Gasteiger partial charge in [-0.15, -0.1) is 10.2 Å². The fourth-order valence-electron chi connectivity index (χ4n) is 1.52. The molecule has 7 nitrogen and oxygen atoms in total. The van der Waals surface area contributed by atoms with E-state index in [1.54, 1.807) is 18.2 Å². The Labute approximate surface area is 95.8 Å². The van der Waals surface area contributed by atoms with Gasteiger partial charge < -0.3 is 16.1 Å². The number of nitrogens with two attached hydrogens (primary N) is 1. The monoisotopic (exact) mass is 234 g/mol. The van der Waals surface area contributed by atoms with Gasteiger partial charge in [-0.2, -0.15) is 4.68 Å². The van der Waals surface area contributed by atoms with Crippen molar-refractivity contribution >= 4 is 22.4 Å². The van der Waals surface area contributed by atoms with Gasteiger partial charge in [0.15, 0.2) is 0 Å². The topological polar surface area (TPSA) is 113 Å². The van der Waals surface area contributed by atoms with Crippen molar-refractivity contribution in [3.05, 3.63) is 18.2 Å². The normalized spacial score (nSPS) is 11.4. The highest BCUT2D eigenvalue weighted by molar-refractivity contribution is 6.00. The Kier molecular flexibility index (Phi) is 2.43. The van der Waals surface area contributed by atoms with Crippen LogP contribution in [0.25, 0.3) is 10.8 Å². The first-order valence-corrected chi connectivity index (χ1v) is 4.75. The molecule has 1 heterocycles. The highest BCUT2D eigenvalue weighted by Crippen LogP contribution is 2.40. The van der Waals surface area contributed by atoms with Gasteiger partial charge in [0.1, 0.15) is 0 Å². The lowest BCUT2D eigenvalue weighted by molar-refractivity contribution is -0.116. The van der Waals surface area contributed by atoms with Crippen molar-refractivity contribution in [2.24, 2.45) is 10.2 Å². The molecule has 2 rings (SSSR count). The Bertz CT molecular complexity index is 630. The molecule has 0 spiro atoms. The van der Waals surface area contributed by atoms with Crippen LogP contribution in [0.5, 0.6) is 11.8 Å². The minimum atomic E-state index is -0.460. The fraction of sp³-hybridized carbons (Fsp3) is 0.100. The molecule has 0 aliphatic carbocycles. The maximum absolute atomic E-state index is 10.7. The first-order valence-electron chi connectivity index (χ1n) is 4.75. The summed E-state index contributed by atoms with van der Waals surface area (Å²) in [7, 11) is 0. The summed E-state index contributed by atoms with van der Waals surface area (Å²) < 4.78 is 0.734. The number of amides is 1. The number of hydrogen-bond acceptors (Lipinski definition) is 5. The minimum absolute atomic E-state index is 0.248. The maximum Gasteiger partial charge on any atom is 0.261 e. The Morgan fingerprint density at radius 2 is 2.06 bits per heavy atom. The summed E-state index contributed by atoms with van der Waals surface area (Å²) in [6.45, 7) is 1.26. The first kappa shape index (κ1) is 10.9. The molecule has 0 saturated heterocycles. The number of hydrogen-bond donors (Lipinski definition) is 3. The Hall–Kier alpha value is -2.57. The number of rotatable bonds is 1. The molecule has 1 aromatic carbocycles. The number of fused-ring (bicyclic) bond motifs is 1. The van der Waals surface area contributed by atoms with E-state index in [1.807, 2.05) is 0 Å². The summed E-state index contributed by atoms with van der Waals surface area (Å²) in [6.07, 6.45) is 0. The third-order valence-corrected chi connectivity index (χ3v) is 2.26. The third-order valence-electron chi connectivity index (χ3n) is 2.26. The van der Waals surface area contributed by atoms with E-state index in [1.165, 1.54) is 6.92 Å². The Balaban J connectivity index is 2.73. The summed E-state index contributed by atoms with van der Waals surface area (Å²) in [5.41, 5.74) is 0.259. The largest absolute Gasteiger partial charge is 0.493 e. The van der Waals surface area contributed by atoms with Gasteiger partial charge in [-0.05, 0) is 12.1 Å². The molecule has 0 radical (unpaired) electrons. The molecule has 7 heteroatoms. The average Bonchev–Trinajstić information content (AvgIpc) is 2.52. The van der Waals surface area contributed by atoms with Crippen LogP contribution >= 0.6 is 0 Å². The van der Waals surface area contributed by atoms with Crippen LogP contribution in [-0.4, -0.2) is 20.8 Å². The van der Waals surface area contributed by atoms with Crippen molar-refractivity contribution < 1.29 is 15.0 Å². The van der Waals surface area contributed by atoms with Gasteiger partial charge in [-0.3, -0.25) is 4.79 Å². The second kappa shape index (κ2) is 3.78. The molecule has 0 aliphatic rings. The van der Waals surface area contributed by atoms with Crippen LogP contribution in [0.1, 0.15) is 6.92 Å². The van der Waals surface area contributed by atoms with Crippen LogP contribution in [0.2, 0.25) is 0 Å². The zero-order valence-corrected chi connectivity index (χ0v) is 8.95. The standard InChI is InChI=1S/C10H10N4O3/c1-5(15)12-13-7-4-2-3-6-8(7)10(17)14(11)9(6)16/h2-4,16-17H,11H2,1H3. The number of carbonyl (C=O) groups is 1. The lowest BCUT2D eigenvalue weighted by Crippen LogP contribution is -2.05. The van der Waals surface area contributed by atoms with E-state index in [4.69, 9.17) is 5.84 Å². The van der Waals surface area contributed by atoms with Crippen LogP contribution in [0.15, 0.2) is 28.4 Å². The van der Waals surface area contributed by atoms with Crippen LogP contribution in [0.3, 0.4) is 0 Å². The number of nitrogen functional groups attached to an aromatic ring is 1. The molecule has 1 amide bonds. The van der Waals surface area contributed by atoms with Gasteiger partial charge in [0.25, 0.3) is 5.91 Å². The van der Waals surface area contributed by atoms with Crippen molar-refractivity contribution in [1.82, 2.24) is 4.68 Å². The van der Waals surface area contributed by atoms with Crippen molar-refractivity contribution in [3.8, 4) is 11.8 Å². The van der Waals surface area contributed by atoms with Crippen molar-refractivity contribution in [1.29, 1.82) is 0 Å². The molecule has 0 aliphatic heterocycles. The van der Waals surface area contributed by atoms with Crippen molar-refractivity contribution in [2.75, 3.05) is 5.84 Å². The molecule has 4 N–H and O–H groups in total. The molecular formula is C10H10N4O3. The van der Waals surface area contributed by atoms with Crippen molar-refractivity contribution in [2.45, 2.75) is 6.92 Å². The molecule has 1 aromatic heterocycles. The van der Waals surface area contributed by atoms with E-state index >= 15 is 0 Å². The van der Waals surface area contributed by atoms with E-state index in [2.05, 4.69) is 10.2 Å². The maximum atomic E-state index is 10.7. The summed E-state index contributed by atoms with van der Waals surface area (Å²) in [5.74, 6) is 4.34. The van der Waals surface area contributed by atoms with Crippen LogP contribution in [0.4, 0.5) is 5.69 Å². The number of aromatic hydroxyl groups is 2. The molecular weight excluding hydrogens is 224 g/mol. The number of azo groups is 1. The zero-order chi connectivity index (χ0) is 12.6. The Morgan fingerprint density at radius 1 is 1.35 bits per heavy atom. The first-order chi connectivity index (χ1) is 8.02. The summed E-state index contributed by atoms with van der Waals surface area (Å²) >= 11 is 0. The second-order valence-corrected chi connectivity index (χ2v) is 3.44. The van der Waals surface area contributed by atoms with Gasteiger partial charge >= 0.3 is 0 Å². The molecule has 2 aromatic rings. The van der Waals surface area contributed by atoms with Crippen LogP contribution < -0.4 is 5.84 Å². The van der Waals surface area contributed by atoms with E-state index in [0.717, 1.165) is 4.68 Å². The van der Waals surface area contributed by atoms with Gasteiger partial charge in [0, 0.05) is 6.92 Å². The lowest BCUT2D eigenvalue weighted by atomic mass is 10.2. The van der Waals surface area contributed by atoms with Gasteiger partial charge in [-0.25, -0.2) is 0 Å². The predicted octanol–water partition coefficient (Wildman–Crippen LogP) is 1.40. The number of aromatic nitrogens is 1. The van der Waals surface area contributed by atoms with E-state index in [9.17, 15) is 15.0 Å². The second-order valence-electron chi connectivity index (χ2n) is 3.44. The third kappa shape index (κ3) is 1.67. The SMILES string of the molecule is CC(=O)N=Nc1cccc2c(O)n(N)c(O)c12. The molecule has 0 bridgehead atoms. The molecule has 88 valence electrons. The van der Waals surface area contributed by atoms with Crippen molar-refractivity contribution in [3.63, 3.8) is 0 Å². The highest BCUT2D eigenvalue weighted by Gasteiger charge is 2.16. The average molecular weight is 234 g/mol. The summed E-state index contributed by atoms with van der Waals surface area (Å²) in [6, 6.07) is 4.73. The molecule has 0 atom stereocenters. The number of nitrogens with zero attached hydrogens (tertiary/aromatic N) is 3. The van der Waals surface area contributed by atoms with Gasteiger partial charge in [0.05, 0.1) is 16.5 Å².